The fourth-order valence-corrected chi connectivity index (χ4v) is 6.65. The van der Waals surface area contributed by atoms with Crippen molar-refractivity contribution in [3.05, 3.63) is 23.8 Å². The van der Waals surface area contributed by atoms with Crippen LogP contribution < -0.4 is 9.47 Å². The second-order valence-electron chi connectivity index (χ2n) is 11.0. The van der Waals surface area contributed by atoms with Crippen molar-refractivity contribution in [1.29, 1.82) is 0 Å². The first-order chi connectivity index (χ1) is 17.0. The maximum Gasteiger partial charge on any atom is 0.309 e. The molecular formula is C29H42F2O4. The van der Waals surface area contributed by atoms with Crippen LogP contribution in [-0.4, -0.2) is 25.3 Å². The van der Waals surface area contributed by atoms with Crippen LogP contribution in [0.3, 0.4) is 0 Å². The fourth-order valence-electron chi connectivity index (χ4n) is 6.65. The Bertz CT molecular complexity index is 836. The molecule has 4 nitrogen and oxygen atoms in total. The maximum absolute atomic E-state index is 14.2. The number of hydrogen-bond donors (Lipinski definition) is 0. The molecule has 0 aromatic heterocycles. The molecule has 4 rings (SSSR count). The third kappa shape index (κ3) is 6.68. The van der Waals surface area contributed by atoms with E-state index < -0.39 is 11.6 Å². The van der Waals surface area contributed by atoms with Gasteiger partial charge in [0.05, 0.1) is 19.1 Å². The lowest BCUT2D eigenvalue weighted by Gasteiger charge is -2.42. The van der Waals surface area contributed by atoms with Gasteiger partial charge in [-0.15, -0.1) is 0 Å². The van der Waals surface area contributed by atoms with Crippen LogP contribution in [0.1, 0.15) is 90.9 Å². The maximum atomic E-state index is 14.2. The molecule has 196 valence electrons. The van der Waals surface area contributed by atoms with Crippen LogP contribution in [0.4, 0.5) is 8.78 Å². The third-order valence-corrected chi connectivity index (χ3v) is 8.62. The van der Waals surface area contributed by atoms with E-state index in [1.54, 1.807) is 6.92 Å². The molecule has 4 unspecified atom stereocenters. The van der Waals surface area contributed by atoms with E-state index in [9.17, 15) is 13.6 Å². The van der Waals surface area contributed by atoms with Crippen LogP contribution in [0.5, 0.6) is 11.5 Å². The summed E-state index contributed by atoms with van der Waals surface area (Å²) in [5.74, 6) is 0.388. The molecule has 0 saturated heterocycles. The number of ether oxygens (including phenoxy) is 3. The minimum absolute atomic E-state index is 0.0351. The van der Waals surface area contributed by atoms with Gasteiger partial charge in [-0.1, -0.05) is 26.2 Å². The van der Waals surface area contributed by atoms with Gasteiger partial charge in [-0.2, -0.15) is 8.78 Å². The molecule has 0 aliphatic heterocycles. The van der Waals surface area contributed by atoms with E-state index in [0.29, 0.717) is 6.61 Å². The number of rotatable bonds is 9. The summed E-state index contributed by atoms with van der Waals surface area (Å²) in [5, 5.41) is 0. The van der Waals surface area contributed by atoms with Gasteiger partial charge in [-0.05, 0) is 101 Å². The highest BCUT2D eigenvalue weighted by Gasteiger charge is 2.37. The van der Waals surface area contributed by atoms with Crippen molar-refractivity contribution in [2.75, 3.05) is 13.2 Å². The standard InChI is InChI=1S/C29H42F2O4/c1-3-5-19-6-11-23-17-24(13-12-22(23)16-19)35-29(32)21-9-7-20(8-10-21)18-34-26-15-14-25(33-4-2)27(30)28(26)31/h14-15,19-24H,3-13,16-18H2,1-2H3. The van der Waals surface area contributed by atoms with Crippen molar-refractivity contribution in [3.8, 4) is 11.5 Å². The molecule has 3 fully saturated rings. The summed E-state index contributed by atoms with van der Waals surface area (Å²) in [4.78, 5) is 12.9. The number of benzene rings is 1. The summed E-state index contributed by atoms with van der Waals surface area (Å²) in [6, 6.07) is 2.81. The molecule has 0 heterocycles. The molecule has 0 N–H and O–H groups in total. The molecule has 0 bridgehead atoms. The first-order valence-corrected chi connectivity index (χ1v) is 13.9. The van der Waals surface area contributed by atoms with Gasteiger partial charge in [-0.3, -0.25) is 4.79 Å². The largest absolute Gasteiger partial charge is 0.491 e. The zero-order valence-corrected chi connectivity index (χ0v) is 21.4. The summed E-state index contributed by atoms with van der Waals surface area (Å²) in [5.41, 5.74) is 0. The average Bonchev–Trinajstić information content (AvgIpc) is 2.87. The molecule has 0 spiro atoms. The van der Waals surface area contributed by atoms with Gasteiger partial charge in [-0.25, -0.2) is 0 Å². The summed E-state index contributed by atoms with van der Waals surface area (Å²) in [7, 11) is 0. The van der Waals surface area contributed by atoms with Crippen molar-refractivity contribution in [2.45, 2.75) is 97.0 Å². The molecule has 4 atom stereocenters. The predicted molar refractivity (Wildman–Crippen MR) is 131 cm³/mol. The quantitative estimate of drug-likeness (QED) is 0.335. The Hall–Kier alpha value is -1.85. The molecule has 0 radical (unpaired) electrons. The van der Waals surface area contributed by atoms with Crippen LogP contribution in [0, 0.1) is 41.2 Å². The Morgan fingerprint density at radius 2 is 1.46 bits per heavy atom. The Labute approximate surface area is 209 Å². The Morgan fingerprint density at radius 3 is 2.14 bits per heavy atom. The Kier molecular flexibility index (Phi) is 9.29. The summed E-state index contributed by atoms with van der Waals surface area (Å²) < 4.78 is 45.0. The molecule has 3 aliphatic rings. The lowest BCUT2D eigenvalue weighted by Crippen LogP contribution is -2.36. The van der Waals surface area contributed by atoms with Gasteiger partial charge in [0.1, 0.15) is 6.10 Å². The fraction of sp³-hybridized carbons (Fsp3) is 0.759. The molecule has 1 aromatic carbocycles. The van der Waals surface area contributed by atoms with Crippen molar-refractivity contribution < 1.29 is 27.8 Å². The highest BCUT2D eigenvalue weighted by Crippen LogP contribution is 2.45. The highest BCUT2D eigenvalue weighted by molar-refractivity contribution is 5.72. The molecule has 0 amide bonds. The summed E-state index contributed by atoms with van der Waals surface area (Å²) in [6.45, 7) is 4.59. The topological polar surface area (TPSA) is 44.8 Å². The monoisotopic (exact) mass is 492 g/mol. The Balaban J connectivity index is 1.18. The van der Waals surface area contributed by atoms with Gasteiger partial charge >= 0.3 is 5.97 Å². The van der Waals surface area contributed by atoms with Gasteiger partial charge in [0.15, 0.2) is 11.5 Å². The van der Waals surface area contributed by atoms with E-state index >= 15 is 0 Å². The predicted octanol–water partition coefficient (Wildman–Crippen LogP) is 7.48. The molecule has 6 heteroatoms. The lowest BCUT2D eigenvalue weighted by molar-refractivity contribution is -0.159. The molecular weight excluding hydrogens is 450 g/mol. The molecule has 3 saturated carbocycles. The van der Waals surface area contributed by atoms with E-state index in [2.05, 4.69) is 6.92 Å². The number of esters is 1. The van der Waals surface area contributed by atoms with E-state index in [0.717, 1.165) is 56.3 Å². The number of hydrogen-bond acceptors (Lipinski definition) is 4. The van der Waals surface area contributed by atoms with Crippen molar-refractivity contribution in [3.63, 3.8) is 0 Å². The van der Waals surface area contributed by atoms with Crippen LogP contribution >= 0.6 is 0 Å². The zero-order valence-electron chi connectivity index (χ0n) is 21.4. The van der Waals surface area contributed by atoms with Gasteiger partial charge in [0.25, 0.3) is 0 Å². The van der Waals surface area contributed by atoms with Crippen LogP contribution in [0.15, 0.2) is 12.1 Å². The van der Waals surface area contributed by atoms with E-state index in [-0.39, 0.29) is 42.0 Å². The second kappa shape index (κ2) is 12.4. The zero-order chi connectivity index (χ0) is 24.8. The van der Waals surface area contributed by atoms with E-state index in [4.69, 9.17) is 14.2 Å². The Morgan fingerprint density at radius 1 is 0.829 bits per heavy atom. The van der Waals surface area contributed by atoms with E-state index in [1.807, 2.05) is 0 Å². The first kappa shape index (κ1) is 26.2. The normalized spacial score (nSPS) is 30.9. The highest BCUT2D eigenvalue weighted by atomic mass is 19.2. The lowest BCUT2D eigenvalue weighted by atomic mass is 9.66. The average molecular weight is 493 g/mol. The minimum atomic E-state index is -1.01. The summed E-state index contributed by atoms with van der Waals surface area (Å²) in [6.07, 6.45) is 13.2. The van der Waals surface area contributed by atoms with Gasteiger partial charge in [0, 0.05) is 0 Å². The van der Waals surface area contributed by atoms with Crippen molar-refractivity contribution in [1.82, 2.24) is 0 Å². The number of carbonyl (C=O) groups excluding carboxylic acids is 1. The van der Waals surface area contributed by atoms with Crippen molar-refractivity contribution >= 4 is 5.97 Å². The van der Waals surface area contributed by atoms with Crippen molar-refractivity contribution in [2.24, 2.45) is 29.6 Å². The second-order valence-corrected chi connectivity index (χ2v) is 11.0. The summed E-state index contributed by atoms with van der Waals surface area (Å²) >= 11 is 0. The SMILES string of the molecule is CCCC1CCC2CC(OC(=O)C3CCC(COc4ccc(OCC)c(F)c4F)CC3)CCC2C1. The number of fused-ring (bicyclic) bond motifs is 1. The van der Waals surface area contributed by atoms with Crippen LogP contribution in [0.25, 0.3) is 0 Å². The van der Waals surface area contributed by atoms with Gasteiger partial charge in [0.2, 0.25) is 11.6 Å². The molecule has 3 aliphatic carbocycles. The molecule has 35 heavy (non-hydrogen) atoms. The molecule has 1 aromatic rings. The smallest absolute Gasteiger partial charge is 0.309 e. The van der Waals surface area contributed by atoms with Gasteiger partial charge < -0.3 is 14.2 Å². The number of carbonyl (C=O) groups is 1. The van der Waals surface area contributed by atoms with Crippen LogP contribution in [-0.2, 0) is 9.53 Å². The van der Waals surface area contributed by atoms with Crippen LogP contribution in [0.2, 0.25) is 0 Å². The van der Waals surface area contributed by atoms with E-state index in [1.165, 1.54) is 50.7 Å². The first-order valence-electron chi connectivity index (χ1n) is 13.9. The minimum Gasteiger partial charge on any atom is -0.491 e. The third-order valence-electron chi connectivity index (χ3n) is 8.62. The number of halogens is 2.